The summed E-state index contributed by atoms with van der Waals surface area (Å²) in [6, 6.07) is 15.8. The molecule has 0 saturated carbocycles. The van der Waals surface area contributed by atoms with Gasteiger partial charge in [0.15, 0.2) is 11.6 Å². The van der Waals surface area contributed by atoms with Crippen molar-refractivity contribution < 1.29 is 13.9 Å². The third kappa shape index (κ3) is 4.23. The van der Waals surface area contributed by atoms with Crippen LogP contribution in [0.2, 0.25) is 0 Å². The van der Waals surface area contributed by atoms with Gasteiger partial charge in [0.05, 0.1) is 19.1 Å². The van der Waals surface area contributed by atoms with E-state index >= 15 is 0 Å². The van der Waals surface area contributed by atoms with Crippen molar-refractivity contribution >= 4 is 5.91 Å². The van der Waals surface area contributed by atoms with Crippen LogP contribution >= 0.6 is 0 Å². The number of ether oxygens (including phenoxy) is 1. The van der Waals surface area contributed by atoms with E-state index in [4.69, 9.17) is 4.74 Å². The van der Waals surface area contributed by atoms with Gasteiger partial charge in [-0.15, -0.1) is 0 Å². The Morgan fingerprint density at radius 3 is 2.68 bits per heavy atom. The first-order valence-corrected chi connectivity index (χ1v) is 7.99. The van der Waals surface area contributed by atoms with E-state index in [2.05, 4.69) is 10.3 Å². The van der Waals surface area contributed by atoms with Crippen LogP contribution in [-0.2, 0) is 0 Å². The predicted molar refractivity (Wildman–Crippen MR) is 92.4 cm³/mol. The molecule has 0 spiro atoms. The number of carbonyl (C=O) groups excluding carboxylic acids is 1. The minimum atomic E-state index is -0.390. The van der Waals surface area contributed by atoms with Crippen LogP contribution in [0.15, 0.2) is 67.1 Å². The standard InChI is InChI=1S/C19H18FN3O2/c20-16-9-4-5-10-18(16)25-12-6-11-22-19(24)17-13-21-14-23(17)15-7-2-1-3-8-15/h1-5,7-10,13-14H,6,11-12H2,(H,22,24). The van der Waals surface area contributed by atoms with Crippen LogP contribution in [0, 0.1) is 5.82 Å². The summed E-state index contributed by atoms with van der Waals surface area (Å²) in [6.45, 7) is 0.742. The average molecular weight is 339 g/mol. The zero-order chi connectivity index (χ0) is 17.5. The molecule has 3 aromatic rings. The van der Waals surface area contributed by atoms with Crippen molar-refractivity contribution in [3.63, 3.8) is 0 Å². The first kappa shape index (κ1) is 16.7. The van der Waals surface area contributed by atoms with Crippen LogP contribution < -0.4 is 10.1 Å². The number of aromatic nitrogens is 2. The summed E-state index contributed by atoms with van der Waals surface area (Å²) in [5.74, 6) is -0.387. The molecule has 2 aromatic carbocycles. The number of para-hydroxylation sites is 2. The number of rotatable bonds is 7. The second kappa shape index (κ2) is 8.10. The third-order valence-electron chi connectivity index (χ3n) is 3.61. The van der Waals surface area contributed by atoms with Crippen LogP contribution in [0.5, 0.6) is 5.75 Å². The van der Waals surface area contributed by atoms with E-state index in [1.54, 1.807) is 29.1 Å². The van der Waals surface area contributed by atoms with Crippen LogP contribution in [-0.4, -0.2) is 28.6 Å². The van der Waals surface area contributed by atoms with Crippen LogP contribution in [0.4, 0.5) is 4.39 Å². The van der Waals surface area contributed by atoms with Crippen LogP contribution in [0.1, 0.15) is 16.9 Å². The van der Waals surface area contributed by atoms with Crippen molar-refractivity contribution in [2.45, 2.75) is 6.42 Å². The van der Waals surface area contributed by atoms with Gasteiger partial charge in [0.2, 0.25) is 0 Å². The lowest BCUT2D eigenvalue weighted by atomic mass is 10.3. The second-order valence-corrected chi connectivity index (χ2v) is 5.37. The largest absolute Gasteiger partial charge is 0.490 e. The lowest BCUT2D eigenvalue weighted by molar-refractivity contribution is 0.0944. The Balaban J connectivity index is 1.49. The highest BCUT2D eigenvalue weighted by Gasteiger charge is 2.12. The van der Waals surface area contributed by atoms with E-state index in [0.29, 0.717) is 25.3 Å². The van der Waals surface area contributed by atoms with E-state index in [1.807, 2.05) is 30.3 Å². The molecule has 0 fully saturated rings. The molecule has 6 heteroatoms. The third-order valence-corrected chi connectivity index (χ3v) is 3.61. The molecule has 0 radical (unpaired) electrons. The Labute approximate surface area is 145 Å². The van der Waals surface area contributed by atoms with E-state index in [9.17, 15) is 9.18 Å². The Kier molecular flexibility index (Phi) is 5.41. The highest BCUT2D eigenvalue weighted by Crippen LogP contribution is 2.15. The molecular formula is C19H18FN3O2. The van der Waals surface area contributed by atoms with Crippen molar-refractivity contribution in [3.8, 4) is 11.4 Å². The summed E-state index contributed by atoms with van der Waals surface area (Å²) < 4.78 is 20.5. The number of nitrogens with zero attached hydrogens (tertiary/aromatic N) is 2. The highest BCUT2D eigenvalue weighted by molar-refractivity contribution is 5.92. The van der Waals surface area contributed by atoms with Gasteiger partial charge in [0.25, 0.3) is 5.91 Å². The summed E-state index contributed by atoms with van der Waals surface area (Å²) in [5, 5.41) is 2.82. The van der Waals surface area contributed by atoms with Crippen LogP contribution in [0.3, 0.4) is 0 Å². The summed E-state index contributed by atoms with van der Waals surface area (Å²) in [4.78, 5) is 16.4. The maximum atomic E-state index is 13.4. The fourth-order valence-corrected chi connectivity index (χ4v) is 2.37. The van der Waals surface area contributed by atoms with Crippen molar-refractivity contribution in [1.29, 1.82) is 0 Å². The maximum Gasteiger partial charge on any atom is 0.269 e. The van der Waals surface area contributed by atoms with Gasteiger partial charge in [-0.25, -0.2) is 9.37 Å². The second-order valence-electron chi connectivity index (χ2n) is 5.37. The van der Waals surface area contributed by atoms with E-state index < -0.39 is 5.82 Å². The number of nitrogens with one attached hydrogen (secondary N) is 1. The van der Waals surface area contributed by atoms with Crippen LogP contribution in [0.25, 0.3) is 5.69 Å². The van der Waals surface area contributed by atoms with E-state index in [-0.39, 0.29) is 11.7 Å². The summed E-state index contributed by atoms with van der Waals surface area (Å²) in [7, 11) is 0. The maximum absolute atomic E-state index is 13.4. The molecule has 0 atom stereocenters. The quantitative estimate of drug-likeness (QED) is 0.673. The number of benzene rings is 2. The van der Waals surface area contributed by atoms with E-state index in [1.165, 1.54) is 12.3 Å². The topological polar surface area (TPSA) is 56.1 Å². The lowest BCUT2D eigenvalue weighted by Gasteiger charge is -2.10. The summed E-state index contributed by atoms with van der Waals surface area (Å²) >= 11 is 0. The van der Waals surface area contributed by atoms with Gasteiger partial charge >= 0.3 is 0 Å². The molecule has 0 aliphatic heterocycles. The first-order valence-electron chi connectivity index (χ1n) is 7.99. The molecule has 0 aliphatic carbocycles. The van der Waals surface area contributed by atoms with Gasteiger partial charge in [0, 0.05) is 12.2 Å². The molecular weight excluding hydrogens is 321 g/mol. The van der Waals surface area contributed by atoms with Crippen molar-refractivity contribution in [3.05, 3.63) is 78.6 Å². The molecule has 0 bridgehead atoms. The molecule has 0 unspecified atom stereocenters. The molecule has 3 rings (SSSR count). The Hall–Kier alpha value is -3.15. The fraction of sp³-hybridized carbons (Fsp3) is 0.158. The minimum absolute atomic E-state index is 0.216. The monoisotopic (exact) mass is 339 g/mol. The molecule has 1 heterocycles. The molecule has 1 N–H and O–H groups in total. The highest BCUT2D eigenvalue weighted by atomic mass is 19.1. The number of hydrogen-bond donors (Lipinski definition) is 1. The molecule has 0 aliphatic rings. The number of carbonyl (C=O) groups is 1. The Morgan fingerprint density at radius 2 is 1.88 bits per heavy atom. The first-order chi connectivity index (χ1) is 12.3. The zero-order valence-electron chi connectivity index (χ0n) is 13.6. The smallest absolute Gasteiger partial charge is 0.269 e. The SMILES string of the molecule is O=C(NCCCOc1ccccc1F)c1cncn1-c1ccccc1. The predicted octanol–water partition coefficient (Wildman–Crippen LogP) is 3.21. The molecule has 0 saturated heterocycles. The number of imidazole rings is 1. The summed E-state index contributed by atoms with van der Waals surface area (Å²) in [6.07, 6.45) is 3.70. The number of hydrogen-bond acceptors (Lipinski definition) is 3. The zero-order valence-corrected chi connectivity index (χ0v) is 13.6. The van der Waals surface area contributed by atoms with Gasteiger partial charge < -0.3 is 10.1 Å². The lowest BCUT2D eigenvalue weighted by Crippen LogP contribution is -2.27. The van der Waals surface area contributed by atoms with Gasteiger partial charge in [0.1, 0.15) is 5.69 Å². The molecule has 1 amide bonds. The van der Waals surface area contributed by atoms with Crippen molar-refractivity contribution in [1.82, 2.24) is 14.9 Å². The van der Waals surface area contributed by atoms with Crippen molar-refractivity contribution in [2.75, 3.05) is 13.2 Å². The van der Waals surface area contributed by atoms with Gasteiger partial charge in [-0.1, -0.05) is 30.3 Å². The van der Waals surface area contributed by atoms with Gasteiger partial charge in [-0.2, -0.15) is 0 Å². The Bertz CT molecular complexity index is 833. The fourth-order valence-electron chi connectivity index (χ4n) is 2.37. The molecule has 128 valence electrons. The number of amides is 1. The normalized spacial score (nSPS) is 10.4. The summed E-state index contributed by atoms with van der Waals surface area (Å²) in [5.41, 5.74) is 1.33. The van der Waals surface area contributed by atoms with E-state index in [0.717, 1.165) is 5.69 Å². The number of halogens is 1. The average Bonchev–Trinajstić information content (AvgIpc) is 3.13. The van der Waals surface area contributed by atoms with Crippen molar-refractivity contribution in [2.24, 2.45) is 0 Å². The minimum Gasteiger partial charge on any atom is -0.490 e. The van der Waals surface area contributed by atoms with Gasteiger partial charge in [-0.3, -0.25) is 9.36 Å². The molecule has 1 aromatic heterocycles. The van der Waals surface area contributed by atoms with Gasteiger partial charge in [-0.05, 0) is 30.7 Å². The molecule has 5 nitrogen and oxygen atoms in total. The molecule has 25 heavy (non-hydrogen) atoms. The Morgan fingerprint density at radius 1 is 1.12 bits per heavy atom.